The molecule has 0 spiro atoms. The Labute approximate surface area is 322 Å². The maximum atomic E-state index is 14.6. The van der Waals surface area contributed by atoms with Gasteiger partial charge in [0.05, 0.1) is 45.3 Å². The largest absolute Gasteiger partial charge is 0.477 e. The van der Waals surface area contributed by atoms with Crippen LogP contribution >= 0.6 is 7.82 Å². The van der Waals surface area contributed by atoms with E-state index in [0.29, 0.717) is 50.7 Å². The van der Waals surface area contributed by atoms with Crippen LogP contribution in [-0.2, 0) is 23.7 Å². The Kier molecular flexibility index (Phi) is 10.4. The lowest BCUT2D eigenvalue weighted by Gasteiger charge is -2.61. The quantitative estimate of drug-likeness (QED) is 0.0827. The van der Waals surface area contributed by atoms with Gasteiger partial charge in [0, 0.05) is 34.6 Å². The van der Waals surface area contributed by atoms with Gasteiger partial charge >= 0.3 is 7.82 Å². The third-order valence-electron chi connectivity index (χ3n) is 10.3. The molecule has 55 heavy (non-hydrogen) atoms. The number of anilines is 2. The summed E-state index contributed by atoms with van der Waals surface area (Å²) in [4.78, 5) is 10.5. The first-order valence-electron chi connectivity index (χ1n) is 18.6. The molecule has 3 aliphatic rings. The van der Waals surface area contributed by atoms with Gasteiger partial charge < -0.3 is 10.2 Å². The zero-order chi connectivity index (χ0) is 40.3. The van der Waals surface area contributed by atoms with Gasteiger partial charge in [0.25, 0.3) is 0 Å². The molecule has 3 heterocycles. The topological polar surface area (TPSA) is 164 Å². The highest BCUT2D eigenvalue weighted by Gasteiger charge is 2.59. The molecule has 3 aliphatic carbocycles. The molecule has 3 saturated carbocycles. The fourth-order valence-corrected chi connectivity index (χ4v) is 8.80. The summed E-state index contributed by atoms with van der Waals surface area (Å²) in [5, 5.41) is 34.2. The van der Waals surface area contributed by atoms with Crippen molar-refractivity contribution in [2.75, 3.05) is 16.9 Å². The smallest absolute Gasteiger partial charge is 0.380 e. The molecule has 1 N–H and O–H groups in total. The molecule has 292 valence electrons. The average Bonchev–Trinajstić information content (AvgIpc) is 3.48. The summed E-state index contributed by atoms with van der Waals surface area (Å²) in [6.07, 6.45) is 6.43. The predicted molar refractivity (Wildman–Crippen MR) is 208 cm³/mol. The van der Waals surface area contributed by atoms with Crippen molar-refractivity contribution in [2.45, 2.75) is 124 Å². The van der Waals surface area contributed by atoms with Crippen LogP contribution in [0.25, 0.3) is 10.9 Å². The van der Waals surface area contributed by atoms with Gasteiger partial charge in [-0.15, -0.1) is 5.10 Å². The first kappa shape index (κ1) is 40.2. The van der Waals surface area contributed by atoms with Crippen LogP contribution < -0.4 is 10.2 Å². The van der Waals surface area contributed by atoms with Crippen LogP contribution in [0, 0.1) is 46.9 Å². The van der Waals surface area contributed by atoms with Crippen LogP contribution in [0.1, 0.15) is 123 Å². The highest BCUT2D eigenvalue weighted by molar-refractivity contribution is 7.48. The third-order valence-corrected chi connectivity index (χ3v) is 12.3. The summed E-state index contributed by atoms with van der Waals surface area (Å²) in [7, 11) is -4.31. The Balaban J connectivity index is 1.60. The Hall–Kier alpha value is -4.46. The number of fused-ring (bicyclic) bond motifs is 1. The van der Waals surface area contributed by atoms with Crippen LogP contribution in [-0.4, -0.2) is 48.9 Å². The molecule has 3 fully saturated rings. The van der Waals surface area contributed by atoms with E-state index in [2.05, 4.69) is 58.5 Å². The fraction of sp³-hybridized carbons (Fsp3) is 0.550. The van der Waals surface area contributed by atoms with Crippen LogP contribution in [0.5, 0.6) is 0 Å². The molecular formula is C40H51FN9O4P. The first-order chi connectivity index (χ1) is 25.5. The van der Waals surface area contributed by atoms with Crippen molar-refractivity contribution in [3.05, 3.63) is 70.7 Å². The highest BCUT2D eigenvalue weighted by Crippen LogP contribution is 2.62. The molecule has 4 aromatic rings. The number of pyridine rings is 2. The van der Waals surface area contributed by atoms with Gasteiger partial charge in [0.1, 0.15) is 30.6 Å². The van der Waals surface area contributed by atoms with Crippen molar-refractivity contribution in [1.29, 1.82) is 10.5 Å². The van der Waals surface area contributed by atoms with Gasteiger partial charge in [-0.3, -0.25) is 18.6 Å². The van der Waals surface area contributed by atoms with Crippen molar-refractivity contribution < 1.29 is 22.5 Å². The number of nitrogens with one attached hydrogen (secondary N) is 1. The molecule has 0 amide bonds. The normalized spacial score (nSPS) is 19.5. The highest BCUT2D eigenvalue weighted by atomic mass is 31.2. The number of halogens is 1. The van der Waals surface area contributed by atoms with Crippen LogP contribution in [0.15, 0.2) is 36.7 Å². The number of rotatable bonds is 12. The Morgan fingerprint density at radius 2 is 1.67 bits per heavy atom. The number of nitriles is 2. The third kappa shape index (κ3) is 8.39. The van der Waals surface area contributed by atoms with Crippen molar-refractivity contribution in [3.63, 3.8) is 0 Å². The second kappa shape index (κ2) is 14.2. The molecule has 15 heteroatoms. The molecule has 0 saturated heterocycles. The number of hydrogen-bond donors (Lipinski definition) is 1. The van der Waals surface area contributed by atoms with E-state index in [1.54, 1.807) is 65.5 Å². The number of aryl methyl sites for hydroxylation is 1. The summed E-state index contributed by atoms with van der Waals surface area (Å²) in [5.41, 5.74) is 1.17. The molecule has 1 aromatic carbocycles. The maximum absolute atomic E-state index is 14.6. The van der Waals surface area contributed by atoms with E-state index in [-0.39, 0.29) is 22.6 Å². The van der Waals surface area contributed by atoms with E-state index >= 15 is 0 Å². The Morgan fingerprint density at radius 3 is 2.20 bits per heavy atom. The average molecular weight is 772 g/mol. The molecule has 2 atom stereocenters. The predicted octanol–water partition coefficient (Wildman–Crippen LogP) is 9.08. The molecule has 3 aromatic heterocycles. The molecule has 13 nitrogen and oxygen atoms in total. The number of phosphoric acid groups is 1. The van der Waals surface area contributed by atoms with E-state index in [4.69, 9.17) is 13.6 Å². The van der Waals surface area contributed by atoms with Gasteiger partial charge in [0.2, 0.25) is 5.95 Å². The second-order valence-corrected chi connectivity index (χ2v) is 19.5. The molecule has 0 radical (unpaired) electrons. The summed E-state index contributed by atoms with van der Waals surface area (Å²) in [6, 6.07) is 9.98. The SMILES string of the molecule is Cc1nc(F)ccc1C(c1cn(C23CC(C2)C3)nn1)N(COP(=O)(OC(C)(C)C)OC(C)(C)C)c1cc(C#N)c2ncc(C#N)c(NC(C)C(C)(C)C)c2c1. The minimum Gasteiger partial charge on any atom is -0.380 e. The molecular weight excluding hydrogens is 720 g/mol. The zero-order valence-corrected chi connectivity index (χ0v) is 34.5. The summed E-state index contributed by atoms with van der Waals surface area (Å²) >= 11 is 0. The Bertz CT molecular complexity index is 2210. The van der Waals surface area contributed by atoms with Crippen molar-refractivity contribution in [3.8, 4) is 12.1 Å². The number of hydrogen-bond acceptors (Lipinski definition) is 12. The summed E-state index contributed by atoms with van der Waals surface area (Å²) in [6.45, 7) is 20.1. The van der Waals surface area contributed by atoms with Crippen LogP contribution in [0.2, 0.25) is 0 Å². The van der Waals surface area contributed by atoms with Crippen molar-refractivity contribution in [1.82, 2.24) is 25.0 Å². The standard InChI is InChI=1S/C40H51FN9O4P/c1-24-30(12-13-33(41)45-24)36(32-22-50(48-47-32)40-16-26(17-40)18-40)49(23-52-55(51,53-38(6,7)8)54-39(9,10)11)29-14-27(19-42)34-31(15-29)35(28(20-43)21-44-34)46-25(2)37(3,4)5/h12-15,21-22,25-26,36H,16-18,23H2,1-11H3,(H,44,46). The van der Waals surface area contributed by atoms with E-state index in [1.165, 1.54) is 12.3 Å². The number of benzene rings is 1. The van der Waals surface area contributed by atoms with Gasteiger partial charge in [-0.2, -0.15) is 14.9 Å². The van der Waals surface area contributed by atoms with Gasteiger partial charge in [0.15, 0.2) is 0 Å². The van der Waals surface area contributed by atoms with Crippen LogP contribution in [0.3, 0.4) is 0 Å². The number of nitrogens with zero attached hydrogens (tertiary/aromatic N) is 8. The second-order valence-electron chi connectivity index (χ2n) is 18.0. The number of aromatic nitrogens is 5. The Morgan fingerprint density at radius 1 is 1.04 bits per heavy atom. The van der Waals surface area contributed by atoms with E-state index in [9.17, 15) is 19.5 Å². The lowest BCUT2D eigenvalue weighted by Crippen LogP contribution is -2.59. The van der Waals surface area contributed by atoms with Gasteiger partial charge in [-0.25, -0.2) is 14.2 Å². The van der Waals surface area contributed by atoms with Gasteiger partial charge in [-0.1, -0.05) is 32.1 Å². The molecule has 2 unspecified atom stereocenters. The van der Waals surface area contributed by atoms with Crippen molar-refractivity contribution in [2.24, 2.45) is 11.3 Å². The summed E-state index contributed by atoms with van der Waals surface area (Å²) < 4.78 is 49.4. The lowest BCUT2D eigenvalue weighted by molar-refractivity contribution is -0.0989. The lowest BCUT2D eigenvalue weighted by atomic mass is 9.50. The molecule has 2 bridgehead atoms. The minimum atomic E-state index is -4.31. The van der Waals surface area contributed by atoms with E-state index in [0.717, 1.165) is 19.3 Å². The van der Waals surface area contributed by atoms with Gasteiger partial charge in [-0.05, 0) is 104 Å². The zero-order valence-electron chi connectivity index (χ0n) is 33.6. The van der Waals surface area contributed by atoms with Crippen LogP contribution in [0.4, 0.5) is 15.8 Å². The minimum absolute atomic E-state index is 0.0880. The first-order valence-corrected chi connectivity index (χ1v) is 20.0. The molecule has 0 aliphatic heterocycles. The summed E-state index contributed by atoms with van der Waals surface area (Å²) in [5.74, 6) is 0.0348. The molecule has 7 rings (SSSR count). The monoisotopic (exact) mass is 771 g/mol. The maximum Gasteiger partial charge on any atom is 0.477 e. The fourth-order valence-electron chi connectivity index (χ4n) is 7.05. The number of phosphoric ester groups is 1. The van der Waals surface area contributed by atoms with E-state index < -0.39 is 37.7 Å². The van der Waals surface area contributed by atoms with E-state index in [1.807, 2.05) is 23.9 Å². The van der Waals surface area contributed by atoms with Crippen molar-refractivity contribution >= 4 is 30.1 Å².